The van der Waals surface area contributed by atoms with Gasteiger partial charge < -0.3 is 4.90 Å². The Hall–Kier alpha value is -2.19. The van der Waals surface area contributed by atoms with Gasteiger partial charge in [0.25, 0.3) is 11.8 Å². The van der Waals surface area contributed by atoms with Crippen LogP contribution in [0.5, 0.6) is 0 Å². The monoisotopic (exact) mass is 421 g/mol. The van der Waals surface area contributed by atoms with E-state index < -0.39 is 5.91 Å². The second-order valence-corrected chi connectivity index (χ2v) is 8.40. The van der Waals surface area contributed by atoms with Crippen LogP contribution in [0.1, 0.15) is 57.8 Å². The third kappa shape index (κ3) is 4.44. The van der Waals surface area contributed by atoms with Crippen LogP contribution in [-0.2, 0) is 12.8 Å². The Balaban J connectivity index is 1.67. The lowest BCUT2D eigenvalue weighted by Gasteiger charge is -2.19. The van der Waals surface area contributed by atoms with Gasteiger partial charge in [-0.3, -0.25) is 20.4 Å². The highest BCUT2D eigenvalue weighted by molar-refractivity contribution is 7.14. The van der Waals surface area contributed by atoms with Crippen LogP contribution >= 0.6 is 22.9 Å². The number of halogens is 1. The van der Waals surface area contributed by atoms with Crippen molar-refractivity contribution < 1.29 is 9.59 Å². The summed E-state index contributed by atoms with van der Waals surface area (Å²) in [6.45, 7) is 7.58. The summed E-state index contributed by atoms with van der Waals surface area (Å²) in [6.07, 6.45) is 4.54. The van der Waals surface area contributed by atoms with Gasteiger partial charge in [-0.1, -0.05) is 18.5 Å². The summed E-state index contributed by atoms with van der Waals surface area (Å²) in [6, 6.07) is 1.92. The Bertz CT molecular complexity index is 881. The number of carbonyl (C=O) groups excluding carboxylic acids is 2. The molecule has 1 unspecified atom stereocenters. The summed E-state index contributed by atoms with van der Waals surface area (Å²) in [7, 11) is 0. The van der Waals surface area contributed by atoms with Crippen LogP contribution in [0.3, 0.4) is 0 Å². The fourth-order valence-electron chi connectivity index (χ4n) is 3.23. The number of hydrogen-bond donors (Lipinski definition) is 2. The lowest BCUT2D eigenvalue weighted by Crippen LogP contribution is -2.42. The van der Waals surface area contributed by atoms with Crippen LogP contribution in [0.25, 0.3) is 0 Å². The number of carbonyl (C=O) groups is 2. The van der Waals surface area contributed by atoms with Crippen molar-refractivity contribution in [1.82, 2.24) is 20.8 Å². The quantitative estimate of drug-likeness (QED) is 0.723. The largest absolute Gasteiger partial charge is 0.341 e. The standard InChI is InChI=1S/C19H24ClN5O2S/c1-4-25(5-2)19-21-10-13(20)16(22-19)18(27)24-23-17(26)15-9-12-8-11(3)6-7-14(12)28-15/h9-11H,4-8H2,1-3H3,(H,23,26)(H,24,27). The lowest BCUT2D eigenvalue weighted by atomic mass is 9.90. The number of nitrogens with one attached hydrogen (secondary N) is 2. The first-order valence-electron chi connectivity index (χ1n) is 9.42. The Kier molecular flexibility index (Phi) is 6.51. The lowest BCUT2D eigenvalue weighted by molar-refractivity contribution is 0.0846. The number of aromatic nitrogens is 2. The number of fused-ring (bicyclic) bond motifs is 1. The van der Waals surface area contributed by atoms with Gasteiger partial charge in [-0.25, -0.2) is 9.97 Å². The van der Waals surface area contributed by atoms with E-state index in [9.17, 15) is 9.59 Å². The summed E-state index contributed by atoms with van der Waals surface area (Å²) in [5, 5.41) is 0.128. The first kappa shape index (κ1) is 20.5. The zero-order valence-electron chi connectivity index (χ0n) is 16.2. The van der Waals surface area contributed by atoms with Crippen molar-refractivity contribution >= 4 is 40.7 Å². The number of rotatable bonds is 5. The van der Waals surface area contributed by atoms with Gasteiger partial charge in [0.2, 0.25) is 5.95 Å². The molecule has 2 amide bonds. The third-order valence-electron chi connectivity index (χ3n) is 4.84. The molecule has 7 nitrogen and oxygen atoms in total. The van der Waals surface area contributed by atoms with E-state index in [4.69, 9.17) is 11.6 Å². The molecule has 0 spiro atoms. The topological polar surface area (TPSA) is 87.2 Å². The number of aryl methyl sites for hydroxylation is 1. The summed E-state index contributed by atoms with van der Waals surface area (Å²) in [5.41, 5.74) is 6.13. The van der Waals surface area contributed by atoms with Crippen molar-refractivity contribution in [2.45, 2.75) is 40.0 Å². The number of amides is 2. The molecule has 0 radical (unpaired) electrons. The molecule has 0 saturated carbocycles. The normalized spacial score (nSPS) is 15.6. The van der Waals surface area contributed by atoms with Crippen LogP contribution in [0.4, 0.5) is 5.95 Å². The van der Waals surface area contributed by atoms with Crippen molar-refractivity contribution in [3.8, 4) is 0 Å². The fourth-order valence-corrected chi connectivity index (χ4v) is 4.51. The maximum absolute atomic E-state index is 12.5. The smallest absolute Gasteiger partial charge is 0.290 e. The highest BCUT2D eigenvalue weighted by atomic mass is 35.5. The van der Waals surface area contributed by atoms with E-state index in [-0.39, 0.29) is 16.6 Å². The van der Waals surface area contributed by atoms with Gasteiger partial charge in [0, 0.05) is 18.0 Å². The number of nitrogens with zero attached hydrogens (tertiary/aromatic N) is 3. The van der Waals surface area contributed by atoms with Crippen LogP contribution in [0.2, 0.25) is 5.02 Å². The molecule has 150 valence electrons. The molecule has 0 fully saturated rings. The summed E-state index contributed by atoms with van der Waals surface area (Å²) in [4.78, 5) is 37.1. The van der Waals surface area contributed by atoms with Crippen LogP contribution in [-0.4, -0.2) is 34.9 Å². The van der Waals surface area contributed by atoms with E-state index >= 15 is 0 Å². The predicted molar refractivity (Wildman–Crippen MR) is 111 cm³/mol. The maximum atomic E-state index is 12.5. The van der Waals surface area contributed by atoms with Gasteiger partial charge in [0.15, 0.2) is 5.69 Å². The molecule has 2 aromatic rings. The molecule has 2 N–H and O–H groups in total. The van der Waals surface area contributed by atoms with Crippen molar-refractivity contribution in [1.29, 1.82) is 0 Å². The van der Waals surface area contributed by atoms with E-state index in [0.717, 1.165) is 19.3 Å². The van der Waals surface area contributed by atoms with E-state index in [1.54, 1.807) is 0 Å². The first-order valence-corrected chi connectivity index (χ1v) is 10.6. The average molecular weight is 422 g/mol. The van der Waals surface area contributed by atoms with Gasteiger partial charge in [-0.2, -0.15) is 0 Å². The molecule has 0 saturated heterocycles. The molecule has 1 aliphatic carbocycles. The highest BCUT2D eigenvalue weighted by Crippen LogP contribution is 2.32. The molecule has 1 aliphatic rings. The predicted octanol–water partition coefficient (Wildman–Crippen LogP) is 3.24. The molecule has 2 heterocycles. The summed E-state index contributed by atoms with van der Waals surface area (Å²) in [5.74, 6) is 0.141. The van der Waals surface area contributed by atoms with E-state index in [1.165, 1.54) is 28.0 Å². The molecule has 28 heavy (non-hydrogen) atoms. The zero-order chi connectivity index (χ0) is 20.3. The Labute approximate surface area is 173 Å². The molecular formula is C19H24ClN5O2S. The average Bonchev–Trinajstić information content (AvgIpc) is 3.11. The zero-order valence-corrected chi connectivity index (χ0v) is 17.8. The molecule has 2 aromatic heterocycles. The Morgan fingerprint density at radius 2 is 2.00 bits per heavy atom. The minimum atomic E-state index is -0.580. The Morgan fingerprint density at radius 3 is 2.71 bits per heavy atom. The minimum Gasteiger partial charge on any atom is -0.341 e. The molecule has 0 bridgehead atoms. The molecule has 9 heteroatoms. The van der Waals surface area contributed by atoms with Gasteiger partial charge in [-0.15, -0.1) is 11.3 Å². The van der Waals surface area contributed by atoms with Crippen molar-refractivity contribution in [3.63, 3.8) is 0 Å². The second-order valence-electron chi connectivity index (χ2n) is 6.85. The molecule has 3 rings (SSSR count). The van der Waals surface area contributed by atoms with Gasteiger partial charge in [0.05, 0.1) is 16.1 Å². The SMILES string of the molecule is CCN(CC)c1ncc(Cl)c(C(=O)NNC(=O)c2cc3c(s2)CCC(C)C3)n1. The number of thiophene rings is 1. The van der Waals surface area contributed by atoms with Crippen LogP contribution in [0, 0.1) is 5.92 Å². The first-order chi connectivity index (χ1) is 13.4. The van der Waals surface area contributed by atoms with Crippen molar-refractivity contribution in [2.24, 2.45) is 5.92 Å². The molecule has 0 aliphatic heterocycles. The van der Waals surface area contributed by atoms with Crippen molar-refractivity contribution in [3.05, 3.63) is 38.3 Å². The fraction of sp³-hybridized carbons (Fsp3) is 0.474. The molecule has 0 aromatic carbocycles. The summed E-state index contributed by atoms with van der Waals surface area (Å²) >= 11 is 7.57. The van der Waals surface area contributed by atoms with E-state index in [2.05, 4.69) is 27.7 Å². The number of hydrogen-bond acceptors (Lipinski definition) is 6. The van der Waals surface area contributed by atoms with Crippen LogP contribution in [0.15, 0.2) is 12.3 Å². The molecule has 1 atom stereocenters. The second kappa shape index (κ2) is 8.87. The third-order valence-corrected chi connectivity index (χ3v) is 6.35. The van der Waals surface area contributed by atoms with Gasteiger partial charge >= 0.3 is 0 Å². The van der Waals surface area contributed by atoms with Gasteiger partial charge in [-0.05, 0) is 50.7 Å². The van der Waals surface area contributed by atoms with Gasteiger partial charge in [0.1, 0.15) is 0 Å². The van der Waals surface area contributed by atoms with E-state index in [1.807, 2.05) is 24.8 Å². The van der Waals surface area contributed by atoms with E-state index in [0.29, 0.717) is 29.8 Å². The van der Waals surface area contributed by atoms with Crippen LogP contribution < -0.4 is 15.8 Å². The number of anilines is 1. The number of hydrazine groups is 1. The summed E-state index contributed by atoms with van der Waals surface area (Å²) < 4.78 is 0. The maximum Gasteiger partial charge on any atom is 0.290 e. The molecular weight excluding hydrogens is 398 g/mol. The van der Waals surface area contributed by atoms with Crippen molar-refractivity contribution in [2.75, 3.05) is 18.0 Å². The highest BCUT2D eigenvalue weighted by Gasteiger charge is 2.22. The minimum absolute atomic E-state index is 0.0261. The Morgan fingerprint density at radius 1 is 1.29 bits per heavy atom.